The van der Waals surface area contributed by atoms with E-state index in [0.717, 1.165) is 26.1 Å². The van der Waals surface area contributed by atoms with Crippen molar-refractivity contribution in [2.75, 3.05) is 13.2 Å². The monoisotopic (exact) mass is 139 g/mol. The highest BCUT2D eigenvalue weighted by Gasteiger charge is 2.03. The maximum Gasteiger partial charge on any atom is 0.239 e. The van der Waals surface area contributed by atoms with Gasteiger partial charge in [0.1, 0.15) is 0 Å². The molecular formula is C7H9NO2. The molecule has 1 aliphatic heterocycles. The molecular weight excluding hydrogens is 130 g/mol. The summed E-state index contributed by atoms with van der Waals surface area (Å²) in [5, 5.41) is 0. The number of aliphatic imine (C=N–C) groups is 1. The molecule has 3 heteroatoms. The number of isocyanates is 1. The van der Waals surface area contributed by atoms with E-state index < -0.39 is 0 Å². The predicted octanol–water partition coefficient (Wildman–Crippen LogP) is 1.02. The lowest BCUT2D eigenvalue weighted by Gasteiger charge is -2.12. The van der Waals surface area contributed by atoms with Crippen LogP contribution < -0.4 is 0 Å². The van der Waals surface area contributed by atoms with Crippen LogP contribution in [0.4, 0.5) is 0 Å². The first-order valence-corrected chi connectivity index (χ1v) is 3.26. The van der Waals surface area contributed by atoms with Gasteiger partial charge in [-0.15, -0.1) is 0 Å². The van der Waals surface area contributed by atoms with E-state index in [4.69, 9.17) is 4.74 Å². The first kappa shape index (κ1) is 7.19. The van der Waals surface area contributed by atoms with E-state index in [1.807, 2.05) is 0 Å². The van der Waals surface area contributed by atoms with Crippen molar-refractivity contribution in [3.8, 4) is 0 Å². The molecule has 1 aliphatic rings. The number of ether oxygens (including phenoxy) is 1. The smallest absolute Gasteiger partial charge is 0.239 e. The quantitative estimate of drug-likeness (QED) is 0.402. The fraction of sp³-hybridized carbons (Fsp3) is 0.571. The second-order valence-electron chi connectivity index (χ2n) is 2.12. The molecule has 0 saturated carbocycles. The molecule has 1 fully saturated rings. The van der Waals surface area contributed by atoms with Gasteiger partial charge in [0, 0.05) is 6.20 Å². The zero-order valence-electron chi connectivity index (χ0n) is 5.67. The largest absolute Gasteiger partial charge is 0.381 e. The number of hydrogen-bond donors (Lipinski definition) is 0. The van der Waals surface area contributed by atoms with Crippen LogP contribution in [0.25, 0.3) is 0 Å². The molecule has 0 N–H and O–H groups in total. The van der Waals surface area contributed by atoms with Crippen LogP contribution in [0.1, 0.15) is 12.8 Å². The molecule has 1 rings (SSSR count). The summed E-state index contributed by atoms with van der Waals surface area (Å²) in [7, 11) is 0. The molecule has 1 heterocycles. The Bertz CT molecular complexity index is 172. The minimum Gasteiger partial charge on any atom is -0.381 e. The Morgan fingerprint density at radius 3 is 2.80 bits per heavy atom. The highest BCUT2D eigenvalue weighted by atomic mass is 16.5. The van der Waals surface area contributed by atoms with E-state index >= 15 is 0 Å². The van der Waals surface area contributed by atoms with Crippen molar-refractivity contribution >= 4 is 6.08 Å². The second-order valence-corrected chi connectivity index (χ2v) is 2.12. The van der Waals surface area contributed by atoms with Gasteiger partial charge in [-0.05, 0) is 18.4 Å². The molecule has 0 aromatic rings. The highest BCUT2D eigenvalue weighted by Crippen LogP contribution is 2.12. The summed E-state index contributed by atoms with van der Waals surface area (Å²) in [6.45, 7) is 1.50. The zero-order valence-corrected chi connectivity index (χ0v) is 5.67. The number of carbonyl (C=O) groups excluding carboxylic acids is 1. The topological polar surface area (TPSA) is 38.7 Å². The molecule has 0 aliphatic carbocycles. The molecule has 0 bridgehead atoms. The van der Waals surface area contributed by atoms with Crippen molar-refractivity contribution < 1.29 is 9.53 Å². The molecule has 3 nitrogen and oxygen atoms in total. The van der Waals surface area contributed by atoms with Crippen LogP contribution in [0.3, 0.4) is 0 Å². The summed E-state index contributed by atoms with van der Waals surface area (Å²) < 4.78 is 5.10. The molecule has 0 aromatic carbocycles. The standard InChI is InChI=1S/C7H9NO2/c9-6-8-5-7-1-3-10-4-2-7/h5H,1-4H2. The average molecular weight is 139 g/mol. The van der Waals surface area contributed by atoms with Crippen LogP contribution in [-0.2, 0) is 9.53 Å². The second kappa shape index (κ2) is 3.99. The van der Waals surface area contributed by atoms with Gasteiger partial charge in [0.25, 0.3) is 0 Å². The van der Waals surface area contributed by atoms with E-state index in [1.165, 1.54) is 11.7 Å². The first-order valence-electron chi connectivity index (χ1n) is 3.26. The number of rotatable bonds is 1. The Balaban J connectivity index is 2.44. The minimum atomic E-state index is 0.750. The summed E-state index contributed by atoms with van der Waals surface area (Å²) in [6, 6.07) is 0. The summed E-state index contributed by atoms with van der Waals surface area (Å²) in [5.74, 6) is 0. The van der Waals surface area contributed by atoms with Gasteiger partial charge >= 0.3 is 0 Å². The Kier molecular flexibility index (Phi) is 2.87. The SMILES string of the molecule is O=C=NC=C1CCOCC1. The fourth-order valence-electron chi connectivity index (χ4n) is 0.880. The third-order valence-electron chi connectivity index (χ3n) is 1.43. The molecule has 0 amide bonds. The zero-order chi connectivity index (χ0) is 7.23. The predicted molar refractivity (Wildman–Crippen MR) is 36.3 cm³/mol. The van der Waals surface area contributed by atoms with E-state index in [-0.39, 0.29) is 0 Å². The van der Waals surface area contributed by atoms with Crippen LogP contribution in [0.15, 0.2) is 16.8 Å². The summed E-state index contributed by atoms with van der Waals surface area (Å²) in [4.78, 5) is 13.1. The van der Waals surface area contributed by atoms with Crippen LogP contribution in [0.2, 0.25) is 0 Å². The van der Waals surface area contributed by atoms with Crippen LogP contribution in [0, 0.1) is 0 Å². The Labute approximate surface area is 59.4 Å². The third-order valence-corrected chi connectivity index (χ3v) is 1.43. The fourth-order valence-corrected chi connectivity index (χ4v) is 0.880. The highest BCUT2D eigenvalue weighted by molar-refractivity contribution is 5.35. The van der Waals surface area contributed by atoms with Gasteiger partial charge in [0.15, 0.2) is 0 Å². The summed E-state index contributed by atoms with van der Waals surface area (Å²) in [6.07, 6.45) is 4.84. The summed E-state index contributed by atoms with van der Waals surface area (Å²) in [5.41, 5.74) is 1.18. The molecule has 1 saturated heterocycles. The molecule has 0 radical (unpaired) electrons. The van der Waals surface area contributed by atoms with E-state index in [0.29, 0.717) is 0 Å². The van der Waals surface area contributed by atoms with E-state index in [1.54, 1.807) is 6.20 Å². The number of hydrogen-bond acceptors (Lipinski definition) is 3. The van der Waals surface area contributed by atoms with E-state index in [9.17, 15) is 4.79 Å². The molecule has 0 unspecified atom stereocenters. The van der Waals surface area contributed by atoms with Crippen molar-refractivity contribution in [1.29, 1.82) is 0 Å². The van der Waals surface area contributed by atoms with Gasteiger partial charge in [-0.25, -0.2) is 4.79 Å². The van der Waals surface area contributed by atoms with Crippen molar-refractivity contribution in [3.63, 3.8) is 0 Å². The van der Waals surface area contributed by atoms with Gasteiger partial charge < -0.3 is 4.74 Å². The first-order chi connectivity index (χ1) is 4.93. The maximum absolute atomic E-state index is 9.68. The van der Waals surface area contributed by atoms with Gasteiger partial charge in [0.05, 0.1) is 13.2 Å². The van der Waals surface area contributed by atoms with Crippen LogP contribution in [-0.4, -0.2) is 19.3 Å². The van der Waals surface area contributed by atoms with Gasteiger partial charge in [-0.2, -0.15) is 4.99 Å². The van der Waals surface area contributed by atoms with Crippen molar-refractivity contribution in [3.05, 3.63) is 11.8 Å². The Hall–Kier alpha value is -0.920. The van der Waals surface area contributed by atoms with Crippen LogP contribution >= 0.6 is 0 Å². The molecule has 0 aromatic heterocycles. The third kappa shape index (κ3) is 2.13. The lowest BCUT2D eigenvalue weighted by Crippen LogP contribution is -2.06. The molecule has 0 spiro atoms. The summed E-state index contributed by atoms with van der Waals surface area (Å²) >= 11 is 0. The lowest BCUT2D eigenvalue weighted by atomic mass is 10.1. The Morgan fingerprint density at radius 2 is 2.20 bits per heavy atom. The van der Waals surface area contributed by atoms with Crippen molar-refractivity contribution in [2.45, 2.75) is 12.8 Å². The van der Waals surface area contributed by atoms with Crippen molar-refractivity contribution in [2.24, 2.45) is 4.99 Å². The lowest BCUT2D eigenvalue weighted by molar-refractivity contribution is 0.119. The van der Waals surface area contributed by atoms with Gasteiger partial charge in [-0.3, -0.25) is 0 Å². The van der Waals surface area contributed by atoms with E-state index in [2.05, 4.69) is 4.99 Å². The number of nitrogens with zero attached hydrogens (tertiary/aromatic N) is 1. The molecule has 0 atom stereocenters. The van der Waals surface area contributed by atoms with Gasteiger partial charge in [-0.1, -0.05) is 0 Å². The van der Waals surface area contributed by atoms with Gasteiger partial charge in [0.2, 0.25) is 6.08 Å². The molecule has 10 heavy (non-hydrogen) atoms. The van der Waals surface area contributed by atoms with Crippen molar-refractivity contribution in [1.82, 2.24) is 0 Å². The minimum absolute atomic E-state index is 0.750. The molecule has 54 valence electrons. The average Bonchev–Trinajstić information content (AvgIpc) is 2.03. The van der Waals surface area contributed by atoms with Crippen LogP contribution in [0.5, 0.6) is 0 Å². The maximum atomic E-state index is 9.68. The Morgan fingerprint density at radius 1 is 1.50 bits per heavy atom. The normalized spacial score (nSPS) is 17.8.